The first kappa shape index (κ1) is 9.49. The lowest BCUT2D eigenvalue weighted by molar-refractivity contribution is 0.423. The smallest absolute Gasteiger partial charge is 0.0626 e. The van der Waals surface area contributed by atoms with E-state index in [2.05, 4.69) is 39.3 Å². The fraction of sp³-hybridized carbons (Fsp3) is 0.700. The van der Waals surface area contributed by atoms with E-state index in [1.807, 2.05) is 6.20 Å². The van der Waals surface area contributed by atoms with Gasteiger partial charge in [0, 0.05) is 12.2 Å². The SMILES string of the molecule is Cc1c(I)cnn1CC1CCCC1. The van der Waals surface area contributed by atoms with Gasteiger partial charge in [-0.25, -0.2) is 0 Å². The number of halogens is 1. The summed E-state index contributed by atoms with van der Waals surface area (Å²) >= 11 is 2.35. The van der Waals surface area contributed by atoms with Crippen molar-refractivity contribution >= 4 is 22.6 Å². The van der Waals surface area contributed by atoms with Crippen molar-refractivity contribution in [1.82, 2.24) is 9.78 Å². The maximum Gasteiger partial charge on any atom is 0.0626 e. The lowest BCUT2D eigenvalue weighted by atomic mass is 10.1. The van der Waals surface area contributed by atoms with Crippen LogP contribution in [0.5, 0.6) is 0 Å². The van der Waals surface area contributed by atoms with Crippen LogP contribution >= 0.6 is 22.6 Å². The Labute approximate surface area is 92.8 Å². The normalized spacial score (nSPS) is 18.3. The standard InChI is InChI=1S/C10H15IN2/c1-8-10(11)6-12-13(8)7-9-4-2-3-5-9/h6,9H,2-5,7H2,1H3. The van der Waals surface area contributed by atoms with Crippen LogP contribution in [0.1, 0.15) is 31.4 Å². The zero-order valence-corrected chi connectivity index (χ0v) is 10.1. The van der Waals surface area contributed by atoms with Crippen molar-refractivity contribution in [1.29, 1.82) is 0 Å². The Kier molecular flexibility index (Phi) is 2.91. The number of nitrogens with zero attached hydrogens (tertiary/aromatic N) is 2. The van der Waals surface area contributed by atoms with Crippen molar-refractivity contribution in [3.8, 4) is 0 Å². The molecule has 1 saturated carbocycles. The zero-order valence-electron chi connectivity index (χ0n) is 7.96. The van der Waals surface area contributed by atoms with E-state index in [9.17, 15) is 0 Å². The maximum absolute atomic E-state index is 4.39. The molecule has 2 nitrogen and oxygen atoms in total. The van der Waals surface area contributed by atoms with E-state index in [0.29, 0.717) is 0 Å². The molecule has 0 N–H and O–H groups in total. The first-order valence-electron chi connectivity index (χ1n) is 4.95. The zero-order chi connectivity index (χ0) is 9.26. The number of hydrogen-bond donors (Lipinski definition) is 0. The van der Waals surface area contributed by atoms with Gasteiger partial charge in [0.15, 0.2) is 0 Å². The van der Waals surface area contributed by atoms with Gasteiger partial charge in [0.25, 0.3) is 0 Å². The van der Waals surface area contributed by atoms with Crippen LogP contribution in [0.3, 0.4) is 0 Å². The second-order valence-corrected chi connectivity index (χ2v) is 5.07. The minimum atomic E-state index is 0.884. The molecular formula is C10H15IN2. The van der Waals surface area contributed by atoms with Crippen molar-refractivity contribution in [2.75, 3.05) is 0 Å². The first-order chi connectivity index (χ1) is 6.27. The summed E-state index contributed by atoms with van der Waals surface area (Å²) in [6.07, 6.45) is 7.60. The van der Waals surface area contributed by atoms with Gasteiger partial charge in [0.1, 0.15) is 0 Å². The van der Waals surface area contributed by atoms with Crippen molar-refractivity contribution in [2.24, 2.45) is 5.92 Å². The second-order valence-electron chi connectivity index (χ2n) is 3.91. The fourth-order valence-corrected chi connectivity index (χ4v) is 2.45. The molecule has 0 amide bonds. The molecule has 72 valence electrons. The highest BCUT2D eigenvalue weighted by molar-refractivity contribution is 14.1. The number of hydrogen-bond acceptors (Lipinski definition) is 1. The summed E-state index contributed by atoms with van der Waals surface area (Å²) in [6.45, 7) is 3.29. The maximum atomic E-state index is 4.39. The topological polar surface area (TPSA) is 17.8 Å². The molecule has 0 radical (unpaired) electrons. The van der Waals surface area contributed by atoms with Gasteiger partial charge >= 0.3 is 0 Å². The molecule has 0 atom stereocenters. The van der Waals surface area contributed by atoms with E-state index >= 15 is 0 Å². The summed E-state index contributed by atoms with van der Waals surface area (Å²) in [5.41, 5.74) is 1.33. The summed E-state index contributed by atoms with van der Waals surface area (Å²) in [6, 6.07) is 0. The molecule has 1 aromatic heterocycles. The van der Waals surface area contributed by atoms with Gasteiger partial charge in [-0.2, -0.15) is 5.10 Å². The molecule has 1 aromatic rings. The lowest BCUT2D eigenvalue weighted by Gasteiger charge is -2.10. The van der Waals surface area contributed by atoms with Crippen LogP contribution in [0.15, 0.2) is 6.20 Å². The molecule has 0 spiro atoms. The monoisotopic (exact) mass is 290 g/mol. The Balaban J connectivity index is 2.04. The molecule has 1 fully saturated rings. The van der Waals surface area contributed by atoms with Crippen molar-refractivity contribution in [2.45, 2.75) is 39.2 Å². The van der Waals surface area contributed by atoms with Crippen molar-refractivity contribution < 1.29 is 0 Å². The minimum absolute atomic E-state index is 0.884. The molecule has 0 unspecified atom stereocenters. The van der Waals surface area contributed by atoms with Gasteiger partial charge in [0.2, 0.25) is 0 Å². The second kappa shape index (κ2) is 3.98. The predicted molar refractivity (Wildman–Crippen MR) is 61.6 cm³/mol. The Morgan fingerprint density at radius 1 is 1.54 bits per heavy atom. The van der Waals surface area contributed by atoms with Crippen LogP contribution in [0, 0.1) is 16.4 Å². The van der Waals surface area contributed by atoms with E-state index in [1.54, 1.807) is 0 Å². The molecule has 0 aromatic carbocycles. The van der Waals surface area contributed by atoms with E-state index in [-0.39, 0.29) is 0 Å². The Morgan fingerprint density at radius 3 is 2.77 bits per heavy atom. The Hall–Kier alpha value is -0.0600. The summed E-state index contributed by atoms with van der Waals surface area (Å²) in [5, 5.41) is 4.39. The highest BCUT2D eigenvalue weighted by Gasteiger charge is 2.16. The van der Waals surface area contributed by atoms with Crippen LogP contribution in [0.25, 0.3) is 0 Å². The third-order valence-electron chi connectivity index (χ3n) is 2.95. The van der Waals surface area contributed by atoms with Gasteiger partial charge < -0.3 is 0 Å². The molecule has 1 aliphatic carbocycles. The van der Waals surface area contributed by atoms with Gasteiger partial charge in [-0.15, -0.1) is 0 Å². The third kappa shape index (κ3) is 2.06. The molecule has 0 aliphatic heterocycles. The predicted octanol–water partition coefficient (Wildman–Crippen LogP) is 2.99. The van der Waals surface area contributed by atoms with Crippen molar-refractivity contribution in [3.05, 3.63) is 15.5 Å². The highest BCUT2D eigenvalue weighted by Crippen LogP contribution is 2.26. The fourth-order valence-electron chi connectivity index (χ4n) is 2.05. The summed E-state index contributed by atoms with van der Waals surface area (Å²) in [7, 11) is 0. The molecule has 2 rings (SSSR count). The van der Waals surface area contributed by atoms with Crippen molar-refractivity contribution in [3.63, 3.8) is 0 Å². The molecule has 3 heteroatoms. The van der Waals surface area contributed by atoms with Crippen LogP contribution in [-0.4, -0.2) is 9.78 Å². The summed E-state index contributed by atoms with van der Waals surface area (Å²) in [4.78, 5) is 0. The minimum Gasteiger partial charge on any atom is -0.269 e. The average molecular weight is 290 g/mol. The van der Waals surface area contributed by atoms with Gasteiger partial charge in [-0.05, 0) is 48.3 Å². The van der Waals surface area contributed by atoms with Crippen LogP contribution < -0.4 is 0 Å². The van der Waals surface area contributed by atoms with Gasteiger partial charge in [0.05, 0.1) is 9.77 Å². The molecule has 13 heavy (non-hydrogen) atoms. The van der Waals surface area contributed by atoms with E-state index in [1.165, 1.54) is 34.9 Å². The third-order valence-corrected chi connectivity index (χ3v) is 4.01. The van der Waals surface area contributed by atoms with Crippen LogP contribution in [0.2, 0.25) is 0 Å². The quantitative estimate of drug-likeness (QED) is 0.766. The Bertz CT molecular complexity index is 287. The summed E-state index contributed by atoms with van der Waals surface area (Å²) < 4.78 is 3.45. The number of aromatic nitrogens is 2. The molecule has 0 bridgehead atoms. The van der Waals surface area contributed by atoms with Crippen LogP contribution in [-0.2, 0) is 6.54 Å². The molecule has 0 saturated heterocycles. The first-order valence-corrected chi connectivity index (χ1v) is 6.03. The Morgan fingerprint density at radius 2 is 2.23 bits per heavy atom. The van der Waals surface area contributed by atoms with E-state index in [4.69, 9.17) is 0 Å². The molecular weight excluding hydrogens is 275 g/mol. The van der Waals surface area contributed by atoms with Gasteiger partial charge in [-0.1, -0.05) is 12.8 Å². The summed E-state index contributed by atoms with van der Waals surface area (Å²) in [5.74, 6) is 0.884. The van der Waals surface area contributed by atoms with Crippen LogP contribution in [0.4, 0.5) is 0 Å². The average Bonchev–Trinajstić information content (AvgIpc) is 2.71. The largest absolute Gasteiger partial charge is 0.269 e. The van der Waals surface area contributed by atoms with Gasteiger partial charge in [-0.3, -0.25) is 4.68 Å². The van der Waals surface area contributed by atoms with E-state index in [0.717, 1.165) is 12.5 Å². The molecule has 1 heterocycles. The number of rotatable bonds is 2. The van der Waals surface area contributed by atoms with E-state index < -0.39 is 0 Å². The highest BCUT2D eigenvalue weighted by atomic mass is 127. The lowest BCUT2D eigenvalue weighted by Crippen LogP contribution is -2.10. The molecule has 1 aliphatic rings.